The third kappa shape index (κ3) is 2.99. The van der Waals surface area contributed by atoms with Gasteiger partial charge in [-0.05, 0) is 42.7 Å². The predicted molar refractivity (Wildman–Crippen MR) is 74.2 cm³/mol. The summed E-state index contributed by atoms with van der Waals surface area (Å²) < 4.78 is 16.0. The minimum Gasteiger partial charge on any atom is -0.265 e. The minimum absolute atomic E-state index is 0.222. The van der Waals surface area contributed by atoms with Crippen LogP contribution < -0.4 is 0 Å². The zero-order valence-corrected chi connectivity index (χ0v) is 12.2. The quantitative estimate of drug-likeness (QED) is 0.836. The van der Waals surface area contributed by atoms with Gasteiger partial charge in [0.05, 0.1) is 12.2 Å². The van der Waals surface area contributed by atoms with Gasteiger partial charge in [-0.2, -0.15) is 5.10 Å². The van der Waals surface area contributed by atoms with E-state index in [-0.39, 0.29) is 5.82 Å². The van der Waals surface area contributed by atoms with Crippen LogP contribution in [0.1, 0.15) is 30.8 Å². The van der Waals surface area contributed by atoms with Crippen molar-refractivity contribution >= 4 is 15.9 Å². The van der Waals surface area contributed by atoms with Gasteiger partial charge in [-0.15, -0.1) is 0 Å². The highest BCUT2D eigenvalue weighted by Gasteiger charge is 2.07. The Morgan fingerprint density at radius 3 is 2.56 bits per heavy atom. The van der Waals surface area contributed by atoms with Crippen molar-refractivity contribution in [1.29, 1.82) is 0 Å². The molecule has 0 spiro atoms. The van der Waals surface area contributed by atoms with Crippen LogP contribution in [0, 0.1) is 5.82 Å². The molecule has 0 saturated heterocycles. The average molecular weight is 311 g/mol. The summed E-state index contributed by atoms with van der Waals surface area (Å²) in [4.78, 5) is 0. The van der Waals surface area contributed by atoms with Crippen LogP contribution in [0.15, 0.2) is 28.7 Å². The number of halogens is 2. The summed E-state index contributed by atoms with van der Waals surface area (Å²) in [5.41, 5.74) is 3.19. The van der Waals surface area contributed by atoms with Crippen LogP contribution in [-0.2, 0) is 19.4 Å². The lowest BCUT2D eigenvalue weighted by Gasteiger charge is -2.07. The summed E-state index contributed by atoms with van der Waals surface area (Å²) >= 11 is 3.31. The largest absolute Gasteiger partial charge is 0.265 e. The molecule has 0 fully saturated rings. The Hall–Kier alpha value is -1.16. The van der Waals surface area contributed by atoms with Crippen LogP contribution in [-0.4, -0.2) is 9.78 Å². The van der Waals surface area contributed by atoms with E-state index in [2.05, 4.69) is 40.9 Å². The molecule has 0 atom stereocenters. The highest BCUT2D eigenvalue weighted by Crippen LogP contribution is 2.17. The molecular formula is C14H16BrFN2. The van der Waals surface area contributed by atoms with Crippen molar-refractivity contribution in [2.75, 3.05) is 0 Å². The zero-order valence-electron chi connectivity index (χ0n) is 10.6. The number of hydrogen-bond donors (Lipinski definition) is 0. The van der Waals surface area contributed by atoms with E-state index < -0.39 is 0 Å². The fourth-order valence-electron chi connectivity index (χ4n) is 1.98. The highest BCUT2D eigenvalue weighted by atomic mass is 79.9. The minimum atomic E-state index is -0.222. The van der Waals surface area contributed by atoms with Gasteiger partial charge in [-0.1, -0.05) is 29.8 Å². The first kappa shape index (κ1) is 13.3. The Bertz CT molecular complexity index is 528. The van der Waals surface area contributed by atoms with Gasteiger partial charge in [0.2, 0.25) is 0 Å². The first-order valence-electron chi connectivity index (χ1n) is 6.13. The van der Waals surface area contributed by atoms with Crippen LogP contribution in [0.3, 0.4) is 0 Å². The summed E-state index contributed by atoms with van der Waals surface area (Å²) in [6.07, 6.45) is 1.86. The molecule has 1 aromatic carbocycles. The van der Waals surface area contributed by atoms with Gasteiger partial charge < -0.3 is 0 Å². The van der Waals surface area contributed by atoms with Crippen LogP contribution >= 0.6 is 15.9 Å². The number of nitrogens with zero attached hydrogens (tertiary/aromatic N) is 2. The molecule has 0 saturated carbocycles. The summed E-state index contributed by atoms with van der Waals surface area (Å²) in [6, 6.07) is 7.06. The first-order valence-corrected chi connectivity index (χ1v) is 6.92. The molecule has 18 heavy (non-hydrogen) atoms. The maximum absolute atomic E-state index is 13.3. The fraction of sp³-hybridized carbons (Fsp3) is 0.357. The lowest BCUT2D eigenvalue weighted by atomic mass is 10.2. The van der Waals surface area contributed by atoms with Gasteiger partial charge >= 0.3 is 0 Å². The molecule has 0 radical (unpaired) electrons. The lowest BCUT2D eigenvalue weighted by molar-refractivity contribution is 0.610. The molecule has 2 rings (SSSR count). The van der Waals surface area contributed by atoms with E-state index in [1.165, 1.54) is 11.8 Å². The molecule has 0 bridgehead atoms. The first-order chi connectivity index (χ1) is 8.62. The molecular weight excluding hydrogens is 295 g/mol. The maximum Gasteiger partial charge on any atom is 0.124 e. The predicted octanol–water partition coefficient (Wildman–Crippen LogP) is 3.96. The summed E-state index contributed by atoms with van der Waals surface area (Å²) in [5, 5.41) is 4.53. The second kappa shape index (κ2) is 5.65. The van der Waals surface area contributed by atoms with Gasteiger partial charge in [0.25, 0.3) is 0 Å². The highest BCUT2D eigenvalue weighted by molar-refractivity contribution is 9.10. The normalized spacial score (nSPS) is 10.9. The molecule has 1 heterocycles. The van der Waals surface area contributed by atoms with E-state index in [4.69, 9.17) is 0 Å². The standard InChI is InChI=1S/C14H16BrFN2/c1-3-13-8-14(4-2)18(17-13)9-10-5-11(15)7-12(16)6-10/h5-8H,3-4,9H2,1-2H3. The Kier molecular flexibility index (Phi) is 4.17. The van der Waals surface area contributed by atoms with Crippen LogP contribution in [0.5, 0.6) is 0 Å². The van der Waals surface area contributed by atoms with E-state index >= 15 is 0 Å². The van der Waals surface area contributed by atoms with E-state index in [1.807, 2.05) is 10.7 Å². The SMILES string of the molecule is CCc1cc(CC)n(Cc2cc(F)cc(Br)c2)n1. The molecule has 0 N–H and O–H groups in total. The molecule has 1 aromatic heterocycles. The second-order valence-corrected chi connectivity index (χ2v) is 5.19. The van der Waals surface area contributed by atoms with E-state index in [1.54, 1.807) is 6.07 Å². The number of aromatic nitrogens is 2. The van der Waals surface area contributed by atoms with Gasteiger partial charge in [0, 0.05) is 10.2 Å². The number of hydrogen-bond acceptors (Lipinski definition) is 1. The average Bonchev–Trinajstić information content (AvgIpc) is 2.70. The summed E-state index contributed by atoms with van der Waals surface area (Å²) in [5.74, 6) is -0.222. The summed E-state index contributed by atoms with van der Waals surface area (Å²) in [6.45, 7) is 4.80. The van der Waals surface area contributed by atoms with Gasteiger partial charge in [0.1, 0.15) is 5.82 Å². The smallest absolute Gasteiger partial charge is 0.124 e. The second-order valence-electron chi connectivity index (χ2n) is 4.27. The van der Waals surface area contributed by atoms with Gasteiger partial charge in [0.15, 0.2) is 0 Å². The van der Waals surface area contributed by atoms with Crippen molar-refractivity contribution in [2.45, 2.75) is 33.2 Å². The maximum atomic E-state index is 13.3. The molecule has 2 aromatic rings. The molecule has 0 unspecified atom stereocenters. The van der Waals surface area contributed by atoms with Gasteiger partial charge in [-0.3, -0.25) is 4.68 Å². The number of rotatable bonds is 4. The van der Waals surface area contributed by atoms with Gasteiger partial charge in [-0.25, -0.2) is 4.39 Å². The third-order valence-electron chi connectivity index (χ3n) is 2.89. The lowest BCUT2D eigenvalue weighted by Crippen LogP contribution is -2.06. The Morgan fingerprint density at radius 1 is 1.17 bits per heavy atom. The van der Waals surface area contributed by atoms with E-state index in [0.717, 1.165) is 28.6 Å². The zero-order chi connectivity index (χ0) is 13.1. The monoisotopic (exact) mass is 310 g/mol. The van der Waals surface area contributed by atoms with Crippen LogP contribution in [0.4, 0.5) is 4.39 Å². The van der Waals surface area contributed by atoms with Crippen LogP contribution in [0.25, 0.3) is 0 Å². The van der Waals surface area contributed by atoms with Crippen molar-refractivity contribution in [1.82, 2.24) is 9.78 Å². The van der Waals surface area contributed by atoms with E-state index in [9.17, 15) is 4.39 Å². The Morgan fingerprint density at radius 2 is 1.94 bits per heavy atom. The van der Waals surface area contributed by atoms with Crippen molar-refractivity contribution < 1.29 is 4.39 Å². The molecule has 4 heteroatoms. The molecule has 2 nitrogen and oxygen atoms in total. The van der Waals surface area contributed by atoms with Crippen molar-refractivity contribution in [2.24, 2.45) is 0 Å². The Labute approximate surface area is 115 Å². The molecule has 96 valence electrons. The third-order valence-corrected chi connectivity index (χ3v) is 3.35. The molecule has 0 aliphatic carbocycles. The fourth-order valence-corrected chi connectivity index (χ4v) is 2.50. The van der Waals surface area contributed by atoms with Crippen molar-refractivity contribution in [3.8, 4) is 0 Å². The number of aryl methyl sites for hydroxylation is 2. The van der Waals surface area contributed by atoms with Crippen molar-refractivity contribution in [3.63, 3.8) is 0 Å². The van der Waals surface area contributed by atoms with E-state index in [0.29, 0.717) is 6.54 Å². The summed E-state index contributed by atoms with van der Waals surface area (Å²) in [7, 11) is 0. The molecule has 0 amide bonds. The Balaban J connectivity index is 2.29. The molecule has 0 aliphatic heterocycles. The topological polar surface area (TPSA) is 17.8 Å². The van der Waals surface area contributed by atoms with Crippen LogP contribution in [0.2, 0.25) is 0 Å². The van der Waals surface area contributed by atoms with Crippen molar-refractivity contribution in [3.05, 3.63) is 51.5 Å². The molecule has 0 aliphatic rings. The number of benzene rings is 1.